The molecule has 0 aliphatic rings. The first-order chi connectivity index (χ1) is 5.76. The number of ether oxygens (including phenoxy) is 2. The van der Waals surface area contributed by atoms with Crippen molar-refractivity contribution in [1.82, 2.24) is 5.32 Å². The molecule has 0 radical (unpaired) electrons. The zero-order chi connectivity index (χ0) is 9.40. The summed E-state index contributed by atoms with van der Waals surface area (Å²) >= 11 is 0. The standard InChI is InChI=1S/C8H17NO3/c1-4-9-7(6-11-3)8(10)12-5-2/h7,9H,4-6H2,1-3H3. The van der Waals surface area contributed by atoms with Gasteiger partial charge in [0.25, 0.3) is 0 Å². The number of esters is 1. The van der Waals surface area contributed by atoms with Crippen molar-refractivity contribution in [2.24, 2.45) is 0 Å². The van der Waals surface area contributed by atoms with Crippen molar-refractivity contribution in [1.29, 1.82) is 0 Å². The van der Waals surface area contributed by atoms with Crippen LogP contribution >= 0.6 is 0 Å². The Hall–Kier alpha value is -0.610. The van der Waals surface area contributed by atoms with E-state index in [2.05, 4.69) is 5.32 Å². The van der Waals surface area contributed by atoms with Crippen LogP contribution in [0.15, 0.2) is 0 Å². The summed E-state index contributed by atoms with van der Waals surface area (Å²) in [7, 11) is 1.56. The first-order valence-electron chi connectivity index (χ1n) is 4.15. The molecule has 4 nitrogen and oxygen atoms in total. The lowest BCUT2D eigenvalue weighted by atomic mass is 10.3. The molecule has 1 atom stereocenters. The Kier molecular flexibility index (Phi) is 6.70. The van der Waals surface area contributed by atoms with Crippen molar-refractivity contribution < 1.29 is 14.3 Å². The molecular weight excluding hydrogens is 158 g/mol. The normalized spacial score (nSPS) is 12.6. The van der Waals surface area contributed by atoms with Gasteiger partial charge in [-0.2, -0.15) is 0 Å². The summed E-state index contributed by atoms with van der Waals surface area (Å²) < 4.78 is 9.69. The molecule has 0 rings (SSSR count). The third kappa shape index (κ3) is 4.31. The second-order valence-corrected chi connectivity index (χ2v) is 2.32. The Labute approximate surface area is 73.2 Å². The number of methoxy groups -OCH3 is 1. The van der Waals surface area contributed by atoms with Crippen LogP contribution in [0.25, 0.3) is 0 Å². The van der Waals surface area contributed by atoms with Gasteiger partial charge >= 0.3 is 5.97 Å². The summed E-state index contributed by atoms with van der Waals surface area (Å²) in [5.41, 5.74) is 0. The number of rotatable bonds is 6. The largest absolute Gasteiger partial charge is 0.465 e. The summed E-state index contributed by atoms with van der Waals surface area (Å²) in [6, 6.07) is -0.333. The molecule has 0 saturated carbocycles. The lowest BCUT2D eigenvalue weighted by Crippen LogP contribution is -2.41. The highest BCUT2D eigenvalue weighted by Gasteiger charge is 2.17. The number of carbonyl (C=O) groups excluding carboxylic acids is 1. The predicted octanol–water partition coefficient (Wildman–Crippen LogP) is 0.174. The van der Waals surface area contributed by atoms with E-state index in [1.807, 2.05) is 6.92 Å². The van der Waals surface area contributed by atoms with Crippen molar-refractivity contribution in [2.45, 2.75) is 19.9 Å². The van der Waals surface area contributed by atoms with E-state index in [1.54, 1.807) is 14.0 Å². The number of carbonyl (C=O) groups is 1. The molecule has 0 aromatic heterocycles. The van der Waals surface area contributed by atoms with Crippen LogP contribution < -0.4 is 5.32 Å². The third-order valence-electron chi connectivity index (χ3n) is 1.35. The number of hydrogen-bond donors (Lipinski definition) is 1. The van der Waals surface area contributed by atoms with Crippen LogP contribution in [0.4, 0.5) is 0 Å². The molecule has 0 bridgehead atoms. The monoisotopic (exact) mass is 175 g/mol. The van der Waals surface area contributed by atoms with Crippen molar-refractivity contribution in [3.05, 3.63) is 0 Å². The van der Waals surface area contributed by atoms with Crippen LogP contribution in [0, 0.1) is 0 Å². The lowest BCUT2D eigenvalue weighted by Gasteiger charge is -2.14. The molecule has 0 aromatic rings. The van der Waals surface area contributed by atoms with E-state index in [4.69, 9.17) is 9.47 Å². The summed E-state index contributed by atoms with van der Waals surface area (Å²) in [5.74, 6) is -0.249. The SMILES string of the molecule is CCNC(COC)C(=O)OCC. The average molecular weight is 175 g/mol. The van der Waals surface area contributed by atoms with Gasteiger partial charge in [-0.15, -0.1) is 0 Å². The minimum absolute atomic E-state index is 0.249. The van der Waals surface area contributed by atoms with E-state index in [0.29, 0.717) is 13.2 Å². The Morgan fingerprint density at radius 1 is 1.50 bits per heavy atom. The average Bonchev–Trinajstić information content (AvgIpc) is 2.04. The van der Waals surface area contributed by atoms with Crippen LogP contribution in [-0.2, 0) is 14.3 Å². The van der Waals surface area contributed by atoms with E-state index in [0.717, 1.165) is 6.54 Å². The summed E-state index contributed by atoms with van der Waals surface area (Å²) in [6.45, 7) is 5.21. The maximum Gasteiger partial charge on any atom is 0.325 e. The maximum atomic E-state index is 11.2. The van der Waals surface area contributed by atoms with Crippen LogP contribution in [0.3, 0.4) is 0 Å². The number of likely N-dealkylation sites (N-methyl/N-ethyl adjacent to an activating group) is 1. The van der Waals surface area contributed by atoms with Crippen molar-refractivity contribution >= 4 is 5.97 Å². The maximum absolute atomic E-state index is 11.2. The molecule has 0 fully saturated rings. The molecule has 12 heavy (non-hydrogen) atoms. The third-order valence-corrected chi connectivity index (χ3v) is 1.35. The highest BCUT2D eigenvalue weighted by atomic mass is 16.5. The van der Waals surface area contributed by atoms with E-state index in [9.17, 15) is 4.79 Å². The molecule has 4 heteroatoms. The molecule has 1 unspecified atom stereocenters. The summed E-state index contributed by atoms with van der Waals surface area (Å²) in [6.07, 6.45) is 0. The molecule has 0 heterocycles. The molecule has 0 spiro atoms. The van der Waals surface area contributed by atoms with Crippen molar-refractivity contribution in [3.63, 3.8) is 0 Å². The van der Waals surface area contributed by atoms with Gasteiger partial charge in [-0.3, -0.25) is 4.79 Å². The number of hydrogen-bond acceptors (Lipinski definition) is 4. The van der Waals surface area contributed by atoms with Crippen LogP contribution in [0.5, 0.6) is 0 Å². The Morgan fingerprint density at radius 3 is 2.58 bits per heavy atom. The Morgan fingerprint density at radius 2 is 2.17 bits per heavy atom. The molecule has 72 valence electrons. The van der Waals surface area contributed by atoms with Gasteiger partial charge in [-0.25, -0.2) is 0 Å². The van der Waals surface area contributed by atoms with E-state index in [1.165, 1.54) is 0 Å². The van der Waals surface area contributed by atoms with Crippen LogP contribution in [-0.4, -0.2) is 38.9 Å². The quantitative estimate of drug-likeness (QED) is 0.585. The number of nitrogens with one attached hydrogen (secondary N) is 1. The molecule has 1 N–H and O–H groups in total. The fourth-order valence-corrected chi connectivity index (χ4v) is 0.866. The molecule has 0 aliphatic heterocycles. The van der Waals surface area contributed by atoms with E-state index >= 15 is 0 Å². The highest BCUT2D eigenvalue weighted by molar-refractivity contribution is 5.75. The second-order valence-electron chi connectivity index (χ2n) is 2.32. The van der Waals surface area contributed by atoms with Gasteiger partial charge in [-0.05, 0) is 13.5 Å². The zero-order valence-electron chi connectivity index (χ0n) is 7.92. The molecule has 0 aliphatic carbocycles. The van der Waals surface area contributed by atoms with Gasteiger partial charge in [0.15, 0.2) is 0 Å². The van der Waals surface area contributed by atoms with Crippen LogP contribution in [0.2, 0.25) is 0 Å². The van der Waals surface area contributed by atoms with Crippen molar-refractivity contribution in [2.75, 3.05) is 26.9 Å². The van der Waals surface area contributed by atoms with Gasteiger partial charge in [0.2, 0.25) is 0 Å². The Bertz CT molecular complexity index is 121. The summed E-state index contributed by atoms with van der Waals surface area (Å²) in [4.78, 5) is 11.2. The van der Waals surface area contributed by atoms with Gasteiger partial charge < -0.3 is 14.8 Å². The summed E-state index contributed by atoms with van der Waals surface area (Å²) in [5, 5.41) is 2.97. The zero-order valence-corrected chi connectivity index (χ0v) is 7.92. The first kappa shape index (κ1) is 11.4. The van der Waals surface area contributed by atoms with E-state index < -0.39 is 0 Å². The smallest absolute Gasteiger partial charge is 0.325 e. The fraction of sp³-hybridized carbons (Fsp3) is 0.875. The molecule has 0 amide bonds. The fourth-order valence-electron chi connectivity index (χ4n) is 0.866. The van der Waals surface area contributed by atoms with Crippen molar-refractivity contribution in [3.8, 4) is 0 Å². The minimum atomic E-state index is -0.333. The Balaban J connectivity index is 3.81. The van der Waals surface area contributed by atoms with Gasteiger partial charge in [-0.1, -0.05) is 6.92 Å². The van der Waals surface area contributed by atoms with E-state index in [-0.39, 0.29) is 12.0 Å². The van der Waals surface area contributed by atoms with Gasteiger partial charge in [0.05, 0.1) is 13.2 Å². The topological polar surface area (TPSA) is 47.6 Å². The first-order valence-corrected chi connectivity index (χ1v) is 4.15. The van der Waals surface area contributed by atoms with Gasteiger partial charge in [0, 0.05) is 7.11 Å². The van der Waals surface area contributed by atoms with Crippen LogP contribution in [0.1, 0.15) is 13.8 Å². The second kappa shape index (κ2) is 7.06. The highest BCUT2D eigenvalue weighted by Crippen LogP contribution is 1.89. The van der Waals surface area contributed by atoms with Gasteiger partial charge in [0.1, 0.15) is 6.04 Å². The molecule has 0 aromatic carbocycles. The molecular formula is C8H17NO3. The molecule has 0 saturated heterocycles. The lowest BCUT2D eigenvalue weighted by molar-refractivity contribution is -0.147. The predicted molar refractivity (Wildman–Crippen MR) is 46.0 cm³/mol. The minimum Gasteiger partial charge on any atom is -0.465 e.